The van der Waals surface area contributed by atoms with Crippen LogP contribution in [0.4, 0.5) is 5.82 Å². The molecule has 152 valence electrons. The molecule has 0 saturated carbocycles. The largest absolute Gasteiger partial charge is 0.468 e. The van der Waals surface area contributed by atoms with Crippen LogP contribution < -0.4 is 5.73 Å². The number of carbonyl (C=O) groups is 1. The minimum absolute atomic E-state index is 0.0880. The van der Waals surface area contributed by atoms with E-state index >= 15 is 0 Å². The monoisotopic (exact) mass is 409 g/mol. The van der Waals surface area contributed by atoms with E-state index in [1.54, 1.807) is 0 Å². The van der Waals surface area contributed by atoms with Crippen molar-refractivity contribution in [2.45, 2.75) is 20.4 Å². The number of methoxy groups -OCH3 is 1. The normalized spacial score (nSPS) is 13.9. The lowest BCUT2D eigenvalue weighted by Crippen LogP contribution is -2.10. The van der Waals surface area contributed by atoms with Crippen molar-refractivity contribution in [1.82, 2.24) is 9.55 Å². The summed E-state index contributed by atoms with van der Waals surface area (Å²) < 4.78 is 6.66. The molecule has 0 unspecified atom stereocenters. The van der Waals surface area contributed by atoms with Gasteiger partial charge in [0, 0.05) is 28.2 Å². The summed E-state index contributed by atoms with van der Waals surface area (Å²) in [6, 6.07) is 12.1. The number of nitrogen functional groups attached to an aromatic ring is 1. The summed E-state index contributed by atoms with van der Waals surface area (Å²) in [4.78, 5) is 16.2. The molecule has 0 amide bonds. The summed E-state index contributed by atoms with van der Waals surface area (Å²) in [6.45, 7) is 3.77. The summed E-state index contributed by atoms with van der Waals surface area (Å²) in [5, 5.41) is 20.2. The molecule has 0 saturated heterocycles. The molecule has 0 bridgehead atoms. The molecule has 7 heteroatoms. The highest BCUT2D eigenvalue weighted by molar-refractivity contribution is 6.10. The van der Waals surface area contributed by atoms with E-state index in [1.165, 1.54) is 7.11 Å². The van der Waals surface area contributed by atoms with Crippen LogP contribution in [0.15, 0.2) is 36.0 Å². The molecule has 0 atom stereocenters. The molecule has 2 aromatic heterocycles. The second-order valence-corrected chi connectivity index (χ2v) is 7.31. The van der Waals surface area contributed by atoms with Gasteiger partial charge in [0.25, 0.3) is 0 Å². The third-order valence-electron chi connectivity index (χ3n) is 5.63. The number of hydrogen-bond acceptors (Lipinski definition) is 6. The van der Waals surface area contributed by atoms with Crippen LogP contribution in [0.1, 0.15) is 34.9 Å². The Labute approximate surface area is 179 Å². The third kappa shape index (κ3) is 3.04. The number of fused-ring (bicyclic) bond motifs is 2. The second kappa shape index (κ2) is 7.47. The fraction of sp³-hybridized carbons (Fsp3) is 0.167. The van der Waals surface area contributed by atoms with Gasteiger partial charge in [0.05, 0.1) is 23.9 Å². The molecular formula is C24H19N5O2. The van der Waals surface area contributed by atoms with Crippen molar-refractivity contribution in [2.24, 2.45) is 0 Å². The van der Waals surface area contributed by atoms with Crippen molar-refractivity contribution < 1.29 is 9.53 Å². The molecule has 0 fully saturated rings. The Morgan fingerprint density at radius 3 is 2.68 bits per heavy atom. The van der Waals surface area contributed by atoms with Gasteiger partial charge < -0.3 is 15.0 Å². The number of para-hydroxylation sites is 1. The zero-order valence-corrected chi connectivity index (χ0v) is 17.4. The van der Waals surface area contributed by atoms with Gasteiger partial charge in [0.1, 0.15) is 24.5 Å². The third-order valence-corrected chi connectivity index (χ3v) is 5.63. The number of rotatable bonds is 3. The van der Waals surface area contributed by atoms with Crippen LogP contribution in [0.3, 0.4) is 0 Å². The van der Waals surface area contributed by atoms with Crippen LogP contribution in [-0.4, -0.2) is 22.6 Å². The van der Waals surface area contributed by atoms with E-state index in [0.29, 0.717) is 22.4 Å². The van der Waals surface area contributed by atoms with Crippen LogP contribution in [0.2, 0.25) is 0 Å². The van der Waals surface area contributed by atoms with Gasteiger partial charge in [-0.3, -0.25) is 4.79 Å². The number of ether oxygens (including phenoxy) is 1. The minimum atomic E-state index is -0.344. The van der Waals surface area contributed by atoms with Gasteiger partial charge in [-0.1, -0.05) is 18.2 Å². The van der Waals surface area contributed by atoms with E-state index in [4.69, 9.17) is 10.5 Å². The highest BCUT2D eigenvalue weighted by Gasteiger charge is 2.30. The molecule has 1 aromatic carbocycles. The molecule has 1 aliphatic carbocycles. The average molecular weight is 409 g/mol. The molecule has 1 aliphatic rings. The maximum Gasteiger partial charge on any atom is 0.325 e. The van der Waals surface area contributed by atoms with E-state index in [-0.39, 0.29) is 18.3 Å². The number of nitrogens with zero attached hydrogens (tertiary/aromatic N) is 4. The summed E-state index contributed by atoms with van der Waals surface area (Å²) in [5.41, 5.74) is 12.0. The van der Waals surface area contributed by atoms with Crippen molar-refractivity contribution in [3.63, 3.8) is 0 Å². The molecule has 2 N–H and O–H groups in total. The number of carbonyl (C=O) groups excluding carboxylic acids is 1. The Bertz CT molecular complexity index is 1410. The maximum atomic E-state index is 11.9. The second-order valence-electron chi connectivity index (χ2n) is 7.31. The Hall–Kier alpha value is -4.36. The van der Waals surface area contributed by atoms with Crippen molar-refractivity contribution in [2.75, 3.05) is 12.8 Å². The standard InChI is InChI=1S/C24H19N5O2/c1-13-17(22-14(2)19(10-26)24(27)28-23(22)18(13)9-25)8-15-11-29(12-21(30)31-3)20-7-5-4-6-16(15)20/h4-8,11H,12H2,1-3H3,(H2,27,28)/b17-8+. The number of allylic oxidation sites excluding steroid dienone is 3. The van der Waals surface area contributed by atoms with Crippen LogP contribution in [0, 0.1) is 29.6 Å². The first-order chi connectivity index (χ1) is 14.9. The van der Waals surface area contributed by atoms with E-state index in [2.05, 4.69) is 17.1 Å². The first-order valence-corrected chi connectivity index (χ1v) is 9.59. The van der Waals surface area contributed by atoms with Gasteiger partial charge in [-0.25, -0.2) is 4.98 Å². The lowest BCUT2D eigenvalue weighted by molar-refractivity contribution is -0.141. The van der Waals surface area contributed by atoms with Crippen molar-refractivity contribution in [1.29, 1.82) is 10.5 Å². The van der Waals surface area contributed by atoms with Gasteiger partial charge in [0.15, 0.2) is 0 Å². The van der Waals surface area contributed by atoms with Gasteiger partial charge >= 0.3 is 5.97 Å². The predicted molar refractivity (Wildman–Crippen MR) is 118 cm³/mol. The lowest BCUT2D eigenvalue weighted by Gasteiger charge is -2.10. The minimum Gasteiger partial charge on any atom is -0.468 e. The topological polar surface area (TPSA) is 118 Å². The molecule has 0 radical (unpaired) electrons. The van der Waals surface area contributed by atoms with Crippen LogP contribution in [0.5, 0.6) is 0 Å². The first-order valence-electron chi connectivity index (χ1n) is 9.59. The summed E-state index contributed by atoms with van der Waals surface area (Å²) in [6.07, 6.45) is 3.86. The van der Waals surface area contributed by atoms with E-state index in [1.807, 2.05) is 55.0 Å². The van der Waals surface area contributed by atoms with Crippen molar-refractivity contribution >= 4 is 39.9 Å². The average Bonchev–Trinajstić information content (AvgIpc) is 3.23. The van der Waals surface area contributed by atoms with E-state index in [9.17, 15) is 15.3 Å². The zero-order valence-electron chi connectivity index (χ0n) is 17.4. The molecule has 3 aromatic rings. The van der Waals surface area contributed by atoms with Crippen LogP contribution in [-0.2, 0) is 16.1 Å². The Balaban J connectivity index is 1.99. The zero-order chi connectivity index (χ0) is 22.3. The SMILES string of the molecule is COC(=O)Cn1cc(/C=C2\C(C)=C(C#N)c3nc(N)c(C#N)c(C)c32)c2ccccc21. The van der Waals surface area contributed by atoms with Crippen molar-refractivity contribution in [3.05, 3.63) is 64.0 Å². The Morgan fingerprint density at radius 2 is 2.00 bits per heavy atom. The smallest absolute Gasteiger partial charge is 0.325 e. The van der Waals surface area contributed by atoms with Gasteiger partial charge in [-0.15, -0.1) is 0 Å². The van der Waals surface area contributed by atoms with E-state index in [0.717, 1.165) is 33.2 Å². The molecule has 31 heavy (non-hydrogen) atoms. The van der Waals surface area contributed by atoms with Crippen molar-refractivity contribution in [3.8, 4) is 12.1 Å². The molecule has 4 rings (SSSR count). The fourth-order valence-corrected chi connectivity index (χ4v) is 4.08. The first kappa shape index (κ1) is 19.9. The highest BCUT2D eigenvalue weighted by atomic mass is 16.5. The number of nitriles is 2. The molecule has 0 spiro atoms. The van der Waals surface area contributed by atoms with Gasteiger partial charge in [-0.2, -0.15) is 10.5 Å². The molecule has 7 nitrogen and oxygen atoms in total. The van der Waals surface area contributed by atoms with Gasteiger partial charge in [-0.05, 0) is 42.7 Å². The molecule has 2 heterocycles. The Morgan fingerprint density at radius 1 is 1.26 bits per heavy atom. The number of anilines is 1. The number of benzene rings is 1. The van der Waals surface area contributed by atoms with Gasteiger partial charge in [0.2, 0.25) is 0 Å². The van der Waals surface area contributed by atoms with Crippen LogP contribution >= 0.6 is 0 Å². The predicted octanol–water partition coefficient (Wildman–Crippen LogP) is 3.82. The number of aromatic nitrogens is 2. The lowest BCUT2D eigenvalue weighted by atomic mass is 9.95. The number of pyridine rings is 1. The summed E-state index contributed by atoms with van der Waals surface area (Å²) in [7, 11) is 1.36. The fourth-order valence-electron chi connectivity index (χ4n) is 4.08. The quantitative estimate of drug-likeness (QED) is 0.657. The highest BCUT2D eigenvalue weighted by Crippen LogP contribution is 2.44. The van der Waals surface area contributed by atoms with E-state index < -0.39 is 0 Å². The number of esters is 1. The molecular weight excluding hydrogens is 390 g/mol. The number of hydrogen-bond donors (Lipinski definition) is 1. The maximum absolute atomic E-state index is 11.9. The number of nitrogens with two attached hydrogens (primary N) is 1. The summed E-state index contributed by atoms with van der Waals surface area (Å²) in [5.74, 6) is -0.224. The summed E-state index contributed by atoms with van der Waals surface area (Å²) >= 11 is 0. The van der Waals surface area contributed by atoms with Crippen LogP contribution in [0.25, 0.3) is 28.1 Å². The Kier molecular flexibility index (Phi) is 4.81. The molecule has 0 aliphatic heterocycles.